The minimum absolute atomic E-state index is 0.269. The molecule has 96 valence electrons. The van der Waals surface area contributed by atoms with Crippen LogP contribution >= 0.6 is 11.6 Å². The minimum Gasteiger partial charge on any atom is -0.312 e. The maximum atomic E-state index is 12.5. The molecule has 0 radical (unpaired) electrons. The molecule has 0 unspecified atom stereocenters. The van der Waals surface area contributed by atoms with Gasteiger partial charge in [0.1, 0.15) is 0 Å². The van der Waals surface area contributed by atoms with Crippen LogP contribution in [0.15, 0.2) is 12.1 Å². The van der Waals surface area contributed by atoms with Crippen LogP contribution in [-0.4, -0.2) is 12.5 Å². The number of carbonyl (C=O) groups is 1. The highest BCUT2D eigenvalue weighted by molar-refractivity contribution is 6.30. The number of nitrogens with zero attached hydrogens (tertiary/aromatic N) is 1. The van der Waals surface area contributed by atoms with Gasteiger partial charge in [-0.15, -0.1) is 0 Å². The van der Waals surface area contributed by atoms with Crippen molar-refractivity contribution in [2.24, 2.45) is 5.92 Å². The normalized spacial score (nSPS) is 19.3. The lowest BCUT2D eigenvalue weighted by Gasteiger charge is -2.36. The van der Waals surface area contributed by atoms with Crippen LogP contribution in [0.3, 0.4) is 0 Å². The van der Waals surface area contributed by atoms with Crippen molar-refractivity contribution in [3.63, 3.8) is 0 Å². The maximum absolute atomic E-state index is 12.5. The molecule has 0 N–H and O–H groups in total. The van der Waals surface area contributed by atoms with E-state index in [1.807, 2.05) is 17.0 Å². The van der Waals surface area contributed by atoms with Gasteiger partial charge in [0, 0.05) is 23.2 Å². The van der Waals surface area contributed by atoms with Crippen LogP contribution in [0.5, 0.6) is 0 Å². The first-order valence-corrected chi connectivity index (χ1v) is 7.15. The number of benzene rings is 1. The molecular weight excluding hydrogens is 246 g/mol. The van der Waals surface area contributed by atoms with Gasteiger partial charge in [0.25, 0.3) is 0 Å². The molecule has 18 heavy (non-hydrogen) atoms. The summed E-state index contributed by atoms with van der Waals surface area (Å²) in [6.07, 6.45) is 5.42. The molecule has 3 heteroatoms. The van der Waals surface area contributed by atoms with Crippen LogP contribution in [0.1, 0.15) is 36.8 Å². The largest absolute Gasteiger partial charge is 0.312 e. The van der Waals surface area contributed by atoms with Crippen molar-refractivity contribution in [2.45, 2.75) is 39.0 Å². The monoisotopic (exact) mass is 263 g/mol. The summed E-state index contributed by atoms with van der Waals surface area (Å²) in [7, 11) is 0. The number of halogens is 1. The Morgan fingerprint density at radius 1 is 1.33 bits per heavy atom. The summed E-state index contributed by atoms with van der Waals surface area (Å²) in [5.41, 5.74) is 3.49. The molecule has 1 fully saturated rings. The first-order chi connectivity index (χ1) is 8.66. The lowest BCUT2D eigenvalue weighted by Crippen LogP contribution is -2.42. The molecule has 1 amide bonds. The molecule has 0 saturated heterocycles. The summed E-state index contributed by atoms with van der Waals surface area (Å²) in [6, 6.07) is 3.98. The number of anilines is 1. The van der Waals surface area contributed by atoms with E-state index in [1.54, 1.807) is 0 Å². The van der Waals surface area contributed by atoms with Crippen molar-refractivity contribution in [3.8, 4) is 0 Å². The molecule has 1 aliphatic carbocycles. The Kier molecular flexibility index (Phi) is 3.06. The highest BCUT2D eigenvalue weighted by Gasteiger charge is 2.32. The molecule has 2 aliphatic rings. The van der Waals surface area contributed by atoms with Gasteiger partial charge in [0.2, 0.25) is 5.91 Å². The molecule has 1 aliphatic heterocycles. The fourth-order valence-electron chi connectivity index (χ4n) is 3.02. The first kappa shape index (κ1) is 12.0. The number of hydrogen-bond acceptors (Lipinski definition) is 1. The molecule has 1 aromatic carbocycles. The SMILES string of the molecule is Cc1cc(Cl)cc2c1N(C(=O)C1CCC1)CCC2. The molecular formula is C15H18ClNO. The maximum Gasteiger partial charge on any atom is 0.230 e. The zero-order valence-corrected chi connectivity index (χ0v) is 11.5. The second-order valence-electron chi connectivity index (χ2n) is 5.45. The Bertz CT molecular complexity index is 494. The highest BCUT2D eigenvalue weighted by atomic mass is 35.5. The van der Waals surface area contributed by atoms with Gasteiger partial charge >= 0.3 is 0 Å². The van der Waals surface area contributed by atoms with Crippen LogP contribution in [0.2, 0.25) is 5.02 Å². The molecule has 3 rings (SSSR count). The van der Waals surface area contributed by atoms with E-state index >= 15 is 0 Å². The fraction of sp³-hybridized carbons (Fsp3) is 0.533. The minimum atomic E-state index is 0.269. The molecule has 1 heterocycles. The molecule has 0 aromatic heterocycles. The molecule has 0 atom stereocenters. The molecule has 0 spiro atoms. The summed E-state index contributed by atoms with van der Waals surface area (Å²) in [5.74, 6) is 0.596. The van der Waals surface area contributed by atoms with Crippen LogP contribution in [-0.2, 0) is 11.2 Å². The lowest BCUT2D eigenvalue weighted by molar-refractivity contribution is -0.124. The van der Waals surface area contributed by atoms with Crippen molar-refractivity contribution >= 4 is 23.2 Å². The van der Waals surface area contributed by atoms with E-state index in [0.717, 1.165) is 48.5 Å². The summed E-state index contributed by atoms with van der Waals surface area (Å²) >= 11 is 6.11. The van der Waals surface area contributed by atoms with Gasteiger partial charge in [0.05, 0.1) is 0 Å². The van der Waals surface area contributed by atoms with Gasteiger partial charge in [-0.1, -0.05) is 18.0 Å². The first-order valence-electron chi connectivity index (χ1n) is 6.77. The van der Waals surface area contributed by atoms with Crippen molar-refractivity contribution in [2.75, 3.05) is 11.4 Å². The topological polar surface area (TPSA) is 20.3 Å². The molecule has 2 nitrogen and oxygen atoms in total. The van der Waals surface area contributed by atoms with Gasteiger partial charge < -0.3 is 4.90 Å². The predicted molar refractivity (Wildman–Crippen MR) is 74.2 cm³/mol. The molecule has 1 aromatic rings. The van der Waals surface area contributed by atoms with Crippen molar-refractivity contribution in [3.05, 3.63) is 28.3 Å². The molecule has 0 bridgehead atoms. The summed E-state index contributed by atoms with van der Waals surface area (Å²) in [5, 5.41) is 0.782. The smallest absolute Gasteiger partial charge is 0.230 e. The Morgan fingerprint density at radius 2 is 2.11 bits per heavy atom. The van der Waals surface area contributed by atoms with E-state index < -0.39 is 0 Å². The van der Waals surface area contributed by atoms with Crippen LogP contribution < -0.4 is 4.90 Å². The number of carbonyl (C=O) groups excluding carboxylic acids is 1. The third-order valence-electron chi connectivity index (χ3n) is 4.16. The standard InChI is InChI=1S/C15H18ClNO/c1-10-8-13(16)9-12-6-3-7-17(14(10)12)15(18)11-4-2-5-11/h8-9,11H,2-7H2,1H3. The van der Waals surface area contributed by atoms with Crippen molar-refractivity contribution in [1.29, 1.82) is 0 Å². The summed E-state index contributed by atoms with van der Waals surface area (Å²) in [6.45, 7) is 2.92. The quantitative estimate of drug-likeness (QED) is 0.756. The van der Waals surface area contributed by atoms with Gasteiger partial charge in [-0.25, -0.2) is 0 Å². The summed E-state index contributed by atoms with van der Waals surface area (Å²) in [4.78, 5) is 14.5. The fourth-order valence-corrected chi connectivity index (χ4v) is 3.31. The van der Waals surface area contributed by atoms with Gasteiger partial charge in [-0.05, 0) is 55.9 Å². The third-order valence-corrected chi connectivity index (χ3v) is 4.38. The second-order valence-corrected chi connectivity index (χ2v) is 5.89. The number of rotatable bonds is 1. The number of fused-ring (bicyclic) bond motifs is 1. The van der Waals surface area contributed by atoms with E-state index in [4.69, 9.17) is 11.6 Å². The van der Waals surface area contributed by atoms with Crippen LogP contribution in [0.4, 0.5) is 5.69 Å². The third kappa shape index (κ3) is 1.93. The Balaban J connectivity index is 1.98. The molecule has 1 saturated carbocycles. The zero-order valence-electron chi connectivity index (χ0n) is 10.7. The Morgan fingerprint density at radius 3 is 2.78 bits per heavy atom. The van der Waals surface area contributed by atoms with Crippen LogP contribution in [0.25, 0.3) is 0 Å². The Hall–Kier alpha value is -1.02. The lowest BCUT2D eigenvalue weighted by atomic mass is 9.83. The highest BCUT2D eigenvalue weighted by Crippen LogP contribution is 2.37. The predicted octanol–water partition coefficient (Wildman–Crippen LogP) is 3.73. The van der Waals surface area contributed by atoms with E-state index in [2.05, 4.69) is 6.92 Å². The number of hydrogen-bond donors (Lipinski definition) is 0. The van der Waals surface area contributed by atoms with Crippen molar-refractivity contribution < 1.29 is 4.79 Å². The zero-order chi connectivity index (χ0) is 12.7. The van der Waals surface area contributed by atoms with Crippen LogP contribution in [0, 0.1) is 12.8 Å². The van der Waals surface area contributed by atoms with Crippen molar-refractivity contribution in [1.82, 2.24) is 0 Å². The Labute approximate surface area is 113 Å². The van der Waals surface area contributed by atoms with Gasteiger partial charge in [-0.2, -0.15) is 0 Å². The van der Waals surface area contributed by atoms with Gasteiger partial charge in [-0.3, -0.25) is 4.79 Å². The second kappa shape index (κ2) is 4.58. The number of aryl methyl sites for hydroxylation is 2. The van der Waals surface area contributed by atoms with Gasteiger partial charge in [0.15, 0.2) is 0 Å². The average molecular weight is 264 g/mol. The van der Waals surface area contributed by atoms with E-state index in [9.17, 15) is 4.79 Å². The van der Waals surface area contributed by atoms with E-state index in [1.165, 1.54) is 12.0 Å². The van der Waals surface area contributed by atoms with E-state index in [0.29, 0.717) is 5.91 Å². The average Bonchev–Trinajstić information content (AvgIpc) is 2.25. The number of amides is 1. The van der Waals surface area contributed by atoms with E-state index in [-0.39, 0.29) is 5.92 Å². The summed E-state index contributed by atoms with van der Waals surface area (Å²) < 4.78 is 0.